The highest BCUT2D eigenvalue weighted by Crippen LogP contribution is 2.18. The van der Waals surface area contributed by atoms with Gasteiger partial charge in [-0.05, 0) is 32.0 Å². The third kappa shape index (κ3) is 10.5. The van der Waals surface area contributed by atoms with Gasteiger partial charge in [0.15, 0.2) is 5.96 Å². The number of hydrogen-bond donors (Lipinski definition) is 1. The van der Waals surface area contributed by atoms with Gasteiger partial charge in [-0.15, -0.1) is 24.0 Å². The Balaban J connectivity index is 0.00000420. The first kappa shape index (κ1) is 26.0. The van der Waals surface area contributed by atoms with Gasteiger partial charge in [0.25, 0.3) is 0 Å². The molecule has 0 bridgehead atoms. The van der Waals surface area contributed by atoms with E-state index in [9.17, 15) is 13.2 Å². The van der Waals surface area contributed by atoms with E-state index in [1.54, 1.807) is 7.05 Å². The van der Waals surface area contributed by atoms with E-state index in [0.29, 0.717) is 38.6 Å². The summed E-state index contributed by atoms with van der Waals surface area (Å²) in [5, 5.41) is 3.26. The van der Waals surface area contributed by atoms with Crippen LogP contribution in [0.5, 0.6) is 0 Å². The zero-order chi connectivity index (χ0) is 20.4. The van der Waals surface area contributed by atoms with Gasteiger partial charge in [-0.2, -0.15) is 13.2 Å². The lowest BCUT2D eigenvalue weighted by Crippen LogP contribution is -2.41. The summed E-state index contributed by atoms with van der Waals surface area (Å²) < 4.78 is 42.8. The lowest BCUT2D eigenvalue weighted by atomic mass is 10.1. The molecule has 5 nitrogen and oxygen atoms in total. The van der Waals surface area contributed by atoms with Crippen LogP contribution in [0.25, 0.3) is 0 Å². The Bertz CT molecular complexity index is 601. The molecule has 0 amide bonds. The average Bonchev–Trinajstić information content (AvgIpc) is 3.10. The molecule has 1 N–H and O–H groups in total. The fraction of sp³-hybridized carbons (Fsp3) is 0.650. The second-order valence-electron chi connectivity index (χ2n) is 7.28. The second kappa shape index (κ2) is 13.3. The van der Waals surface area contributed by atoms with Gasteiger partial charge in [-0.3, -0.25) is 9.89 Å². The summed E-state index contributed by atoms with van der Waals surface area (Å²) in [6.45, 7) is 3.23. The molecule has 1 unspecified atom stereocenters. The van der Waals surface area contributed by atoms with E-state index in [2.05, 4.69) is 27.3 Å². The molecule has 166 valence electrons. The smallest absolute Gasteiger partial charge is 0.376 e. The largest absolute Gasteiger partial charge is 0.401 e. The van der Waals surface area contributed by atoms with Crippen LogP contribution in [-0.2, 0) is 11.3 Å². The van der Waals surface area contributed by atoms with Crippen LogP contribution in [0.4, 0.5) is 13.2 Å². The summed E-state index contributed by atoms with van der Waals surface area (Å²) in [5.74, 6) is 1.27. The lowest BCUT2D eigenvalue weighted by molar-refractivity contribution is -0.143. The van der Waals surface area contributed by atoms with Crippen LogP contribution in [0, 0.1) is 5.92 Å². The number of guanidine groups is 1. The quantitative estimate of drug-likeness (QED) is 0.230. The van der Waals surface area contributed by atoms with Crippen LogP contribution in [0.3, 0.4) is 0 Å². The van der Waals surface area contributed by atoms with Gasteiger partial charge in [0.05, 0.1) is 19.8 Å². The standard InChI is InChI=1S/C20H31F3N4O.HI/c1-24-19(25-10-6-11-26(2)16-20(21,22)23)27-12-9-18(13-27)15-28-14-17-7-4-3-5-8-17;/h3-5,7-8,18H,6,9-16H2,1-2H3,(H,24,25);1H. The van der Waals surface area contributed by atoms with Crippen molar-refractivity contribution in [2.45, 2.75) is 25.6 Å². The molecule has 29 heavy (non-hydrogen) atoms. The summed E-state index contributed by atoms with van der Waals surface area (Å²) in [7, 11) is 3.22. The molecule has 1 aliphatic heterocycles. The molecule has 0 aromatic heterocycles. The monoisotopic (exact) mass is 528 g/mol. The van der Waals surface area contributed by atoms with Crippen molar-refractivity contribution in [3.05, 3.63) is 35.9 Å². The number of halogens is 4. The van der Waals surface area contributed by atoms with Crippen LogP contribution in [0.2, 0.25) is 0 Å². The first-order chi connectivity index (χ1) is 13.4. The Hall–Kier alpha value is -1.07. The van der Waals surface area contributed by atoms with Gasteiger partial charge >= 0.3 is 6.18 Å². The highest BCUT2D eigenvalue weighted by atomic mass is 127. The molecular formula is C20H32F3IN4O. The van der Waals surface area contributed by atoms with E-state index in [0.717, 1.165) is 25.5 Å². The Labute approximate surface area is 188 Å². The van der Waals surface area contributed by atoms with E-state index in [4.69, 9.17) is 4.74 Å². The van der Waals surface area contributed by atoms with Crippen LogP contribution in [-0.4, -0.2) is 75.4 Å². The van der Waals surface area contributed by atoms with Gasteiger partial charge < -0.3 is 15.0 Å². The number of hydrogen-bond acceptors (Lipinski definition) is 3. The number of nitrogens with one attached hydrogen (secondary N) is 1. The number of aliphatic imine (C=N–C) groups is 1. The predicted octanol–water partition coefficient (Wildman–Crippen LogP) is 3.60. The number of rotatable bonds is 9. The lowest BCUT2D eigenvalue weighted by Gasteiger charge is -2.23. The molecule has 2 rings (SSSR count). The van der Waals surface area contributed by atoms with Crippen molar-refractivity contribution in [3.63, 3.8) is 0 Å². The predicted molar refractivity (Wildman–Crippen MR) is 121 cm³/mol. The average molecular weight is 528 g/mol. The minimum atomic E-state index is -4.15. The fourth-order valence-corrected chi connectivity index (χ4v) is 3.35. The summed E-state index contributed by atoms with van der Waals surface area (Å²) >= 11 is 0. The Morgan fingerprint density at radius 3 is 2.69 bits per heavy atom. The second-order valence-corrected chi connectivity index (χ2v) is 7.28. The molecule has 1 aromatic carbocycles. The van der Waals surface area contributed by atoms with Crippen molar-refractivity contribution in [2.24, 2.45) is 10.9 Å². The van der Waals surface area contributed by atoms with Gasteiger partial charge in [0.2, 0.25) is 0 Å². The van der Waals surface area contributed by atoms with Crippen LogP contribution in [0.15, 0.2) is 35.3 Å². The normalized spacial score (nSPS) is 17.5. The molecule has 0 spiro atoms. The third-order valence-corrected chi connectivity index (χ3v) is 4.71. The van der Waals surface area contributed by atoms with E-state index in [1.165, 1.54) is 17.5 Å². The van der Waals surface area contributed by atoms with E-state index < -0.39 is 12.7 Å². The number of benzene rings is 1. The van der Waals surface area contributed by atoms with Gasteiger partial charge in [-0.1, -0.05) is 30.3 Å². The Morgan fingerprint density at radius 2 is 2.03 bits per heavy atom. The molecule has 1 atom stereocenters. The van der Waals surface area contributed by atoms with Crippen LogP contribution < -0.4 is 5.32 Å². The first-order valence-electron chi connectivity index (χ1n) is 9.70. The maximum atomic E-state index is 12.3. The van der Waals surface area contributed by atoms with Crippen molar-refractivity contribution in [1.29, 1.82) is 0 Å². The molecule has 0 aliphatic carbocycles. The molecule has 1 heterocycles. The molecule has 1 aromatic rings. The Morgan fingerprint density at radius 1 is 1.31 bits per heavy atom. The van der Waals surface area contributed by atoms with Gasteiger partial charge in [0.1, 0.15) is 0 Å². The fourth-order valence-electron chi connectivity index (χ4n) is 3.35. The summed E-state index contributed by atoms with van der Waals surface area (Å²) in [6.07, 6.45) is -2.47. The zero-order valence-corrected chi connectivity index (χ0v) is 19.5. The highest BCUT2D eigenvalue weighted by molar-refractivity contribution is 14.0. The first-order valence-corrected chi connectivity index (χ1v) is 9.70. The molecule has 1 fully saturated rings. The van der Waals surface area contributed by atoms with Crippen molar-refractivity contribution in [2.75, 3.05) is 53.4 Å². The minimum absolute atomic E-state index is 0. The van der Waals surface area contributed by atoms with Crippen molar-refractivity contribution >= 4 is 29.9 Å². The molecule has 9 heteroatoms. The molecule has 0 saturated carbocycles. The third-order valence-electron chi connectivity index (χ3n) is 4.71. The summed E-state index contributed by atoms with van der Waals surface area (Å²) in [6, 6.07) is 10.1. The zero-order valence-electron chi connectivity index (χ0n) is 17.1. The van der Waals surface area contributed by atoms with E-state index in [1.807, 2.05) is 18.2 Å². The maximum Gasteiger partial charge on any atom is 0.401 e. The van der Waals surface area contributed by atoms with Crippen LogP contribution >= 0.6 is 24.0 Å². The van der Waals surface area contributed by atoms with Crippen molar-refractivity contribution in [3.8, 4) is 0 Å². The number of alkyl halides is 3. The highest BCUT2D eigenvalue weighted by Gasteiger charge is 2.29. The molecule has 1 aliphatic rings. The topological polar surface area (TPSA) is 40.1 Å². The Kier molecular flexibility index (Phi) is 11.9. The number of likely N-dealkylation sites (tertiary alicyclic amines) is 1. The summed E-state index contributed by atoms with van der Waals surface area (Å²) in [5.41, 5.74) is 1.17. The SMILES string of the molecule is CN=C(NCCCN(C)CC(F)(F)F)N1CCC(COCc2ccccc2)C1.I. The molecular weight excluding hydrogens is 496 g/mol. The number of ether oxygens (including phenoxy) is 1. The van der Waals surface area contributed by atoms with Crippen molar-refractivity contribution in [1.82, 2.24) is 15.1 Å². The van der Waals surface area contributed by atoms with Crippen LogP contribution in [0.1, 0.15) is 18.4 Å². The number of nitrogens with zero attached hydrogens (tertiary/aromatic N) is 3. The summed E-state index contributed by atoms with van der Waals surface area (Å²) in [4.78, 5) is 7.79. The molecule has 1 saturated heterocycles. The van der Waals surface area contributed by atoms with Crippen molar-refractivity contribution < 1.29 is 17.9 Å². The van der Waals surface area contributed by atoms with Gasteiger partial charge in [-0.25, -0.2) is 0 Å². The molecule has 0 radical (unpaired) electrons. The van der Waals surface area contributed by atoms with Gasteiger partial charge in [0, 0.05) is 32.6 Å². The van der Waals surface area contributed by atoms with E-state index in [-0.39, 0.29) is 24.0 Å². The maximum absolute atomic E-state index is 12.3. The minimum Gasteiger partial charge on any atom is -0.376 e. The van der Waals surface area contributed by atoms with E-state index >= 15 is 0 Å².